The molecule has 2 N–H and O–H groups in total. The van der Waals surface area contributed by atoms with Crippen molar-refractivity contribution in [3.63, 3.8) is 0 Å². The van der Waals surface area contributed by atoms with Gasteiger partial charge in [-0.05, 0) is 23.6 Å². The molecule has 1 saturated heterocycles. The van der Waals surface area contributed by atoms with Crippen LogP contribution in [0.5, 0.6) is 0 Å². The van der Waals surface area contributed by atoms with Gasteiger partial charge in [-0.2, -0.15) is 0 Å². The van der Waals surface area contributed by atoms with Crippen LogP contribution in [-0.4, -0.2) is 62.3 Å². The molecule has 2 aromatic rings. The molecule has 148 valence electrons. The van der Waals surface area contributed by atoms with Gasteiger partial charge in [-0.1, -0.05) is 25.1 Å². The molecule has 1 aromatic heterocycles. The predicted molar refractivity (Wildman–Crippen MR) is 122 cm³/mol. The second-order valence-electron chi connectivity index (χ2n) is 6.81. The molecule has 1 aliphatic heterocycles. The Labute approximate surface area is 178 Å². The smallest absolute Gasteiger partial charge is 0.191 e. The Balaban J connectivity index is 0.00000261. The van der Waals surface area contributed by atoms with Gasteiger partial charge >= 0.3 is 0 Å². The van der Waals surface area contributed by atoms with Gasteiger partial charge in [0.2, 0.25) is 0 Å². The molecule has 27 heavy (non-hydrogen) atoms. The van der Waals surface area contributed by atoms with Crippen molar-refractivity contribution in [3.8, 4) is 0 Å². The maximum absolute atomic E-state index is 5.41. The number of hydrogen-bond acceptors (Lipinski definition) is 4. The second kappa shape index (κ2) is 11.4. The molecule has 0 saturated carbocycles. The Hall–Kier alpha value is -1.45. The molecular formula is C20H30IN5O. The molecule has 7 heteroatoms. The molecule has 1 aliphatic rings. The first-order valence-electron chi connectivity index (χ1n) is 9.33. The molecule has 1 unspecified atom stereocenters. The SMILES string of the molecule is CN=C(NCc1ccnc2ccccc12)NCC(C)CN1CCOCC1.I. The third-order valence-corrected chi connectivity index (χ3v) is 4.70. The van der Waals surface area contributed by atoms with Crippen LogP contribution in [0.3, 0.4) is 0 Å². The summed E-state index contributed by atoms with van der Waals surface area (Å²) in [6, 6.07) is 10.3. The molecule has 0 amide bonds. The average Bonchev–Trinajstić information content (AvgIpc) is 2.69. The number of hydrogen-bond donors (Lipinski definition) is 2. The van der Waals surface area contributed by atoms with E-state index >= 15 is 0 Å². The molecule has 0 spiro atoms. The highest BCUT2D eigenvalue weighted by molar-refractivity contribution is 14.0. The van der Waals surface area contributed by atoms with E-state index in [1.54, 1.807) is 0 Å². The minimum atomic E-state index is 0. The van der Waals surface area contributed by atoms with Crippen LogP contribution >= 0.6 is 24.0 Å². The third kappa shape index (κ3) is 6.58. The number of pyridine rings is 1. The maximum atomic E-state index is 5.41. The van der Waals surface area contributed by atoms with E-state index in [9.17, 15) is 0 Å². The molecule has 0 radical (unpaired) electrons. The Bertz CT molecular complexity index is 728. The van der Waals surface area contributed by atoms with Gasteiger partial charge in [-0.15, -0.1) is 24.0 Å². The number of benzene rings is 1. The van der Waals surface area contributed by atoms with Crippen LogP contribution in [0, 0.1) is 5.92 Å². The summed E-state index contributed by atoms with van der Waals surface area (Å²) in [7, 11) is 1.81. The van der Waals surface area contributed by atoms with Crippen LogP contribution < -0.4 is 10.6 Å². The summed E-state index contributed by atoms with van der Waals surface area (Å²) in [4.78, 5) is 11.2. The number of aliphatic imine (C=N–C) groups is 1. The summed E-state index contributed by atoms with van der Waals surface area (Å²) in [5.74, 6) is 1.38. The number of nitrogens with zero attached hydrogens (tertiary/aromatic N) is 3. The van der Waals surface area contributed by atoms with E-state index in [0.29, 0.717) is 5.92 Å². The number of aromatic nitrogens is 1. The molecule has 0 bridgehead atoms. The summed E-state index contributed by atoms with van der Waals surface area (Å²) in [5.41, 5.74) is 2.24. The molecule has 6 nitrogen and oxygen atoms in total. The zero-order valence-corrected chi connectivity index (χ0v) is 18.5. The highest BCUT2D eigenvalue weighted by Gasteiger charge is 2.14. The molecule has 1 fully saturated rings. The topological polar surface area (TPSA) is 61.8 Å². The first-order chi connectivity index (χ1) is 12.8. The first kappa shape index (κ1) is 21.8. The monoisotopic (exact) mass is 483 g/mol. The number of rotatable bonds is 6. The van der Waals surface area contributed by atoms with Gasteiger partial charge in [-0.3, -0.25) is 14.9 Å². The van der Waals surface area contributed by atoms with Crippen LogP contribution in [-0.2, 0) is 11.3 Å². The number of para-hydroxylation sites is 1. The van der Waals surface area contributed by atoms with E-state index in [4.69, 9.17) is 4.74 Å². The summed E-state index contributed by atoms with van der Waals surface area (Å²) in [6.45, 7) is 8.74. The Morgan fingerprint density at radius 1 is 1.22 bits per heavy atom. The summed E-state index contributed by atoms with van der Waals surface area (Å²) >= 11 is 0. The summed E-state index contributed by atoms with van der Waals surface area (Å²) < 4.78 is 5.41. The highest BCUT2D eigenvalue weighted by atomic mass is 127. The number of guanidine groups is 1. The number of nitrogens with one attached hydrogen (secondary N) is 2. The number of ether oxygens (including phenoxy) is 1. The molecule has 0 aliphatic carbocycles. The van der Waals surface area contributed by atoms with E-state index < -0.39 is 0 Å². The van der Waals surface area contributed by atoms with Crippen molar-refractivity contribution in [2.75, 3.05) is 46.4 Å². The fraction of sp³-hybridized carbons (Fsp3) is 0.500. The number of fused-ring (bicyclic) bond motifs is 1. The van der Waals surface area contributed by atoms with Crippen molar-refractivity contribution < 1.29 is 4.74 Å². The first-order valence-corrected chi connectivity index (χ1v) is 9.33. The van der Waals surface area contributed by atoms with Crippen molar-refractivity contribution in [1.82, 2.24) is 20.5 Å². The number of morpholine rings is 1. The van der Waals surface area contributed by atoms with Crippen LogP contribution in [0.25, 0.3) is 10.9 Å². The lowest BCUT2D eigenvalue weighted by atomic mass is 10.1. The largest absolute Gasteiger partial charge is 0.379 e. The Morgan fingerprint density at radius 3 is 2.78 bits per heavy atom. The second-order valence-corrected chi connectivity index (χ2v) is 6.81. The minimum absolute atomic E-state index is 0. The van der Waals surface area contributed by atoms with Gasteiger partial charge in [0, 0.05) is 51.4 Å². The van der Waals surface area contributed by atoms with Crippen LogP contribution in [0.2, 0.25) is 0 Å². The lowest BCUT2D eigenvalue weighted by Crippen LogP contribution is -2.43. The third-order valence-electron chi connectivity index (χ3n) is 4.70. The van der Waals surface area contributed by atoms with E-state index in [0.717, 1.165) is 57.4 Å². The zero-order chi connectivity index (χ0) is 18.2. The molecular weight excluding hydrogens is 453 g/mol. The van der Waals surface area contributed by atoms with Gasteiger partial charge < -0.3 is 15.4 Å². The van der Waals surface area contributed by atoms with Crippen molar-refractivity contribution in [3.05, 3.63) is 42.1 Å². The predicted octanol–water partition coefficient (Wildman–Crippen LogP) is 2.49. The van der Waals surface area contributed by atoms with Crippen LogP contribution in [0.15, 0.2) is 41.5 Å². The lowest BCUT2D eigenvalue weighted by Gasteiger charge is -2.29. The molecule has 1 atom stereocenters. The standard InChI is InChI=1S/C20H29N5O.HI/c1-16(15-25-9-11-26-12-10-25)13-23-20(21-2)24-14-17-7-8-22-19-6-4-3-5-18(17)19;/h3-8,16H,9-15H2,1-2H3,(H2,21,23,24);1H. The van der Waals surface area contributed by atoms with E-state index in [2.05, 4.69) is 44.6 Å². The van der Waals surface area contributed by atoms with Gasteiger partial charge in [0.05, 0.1) is 18.7 Å². The fourth-order valence-electron chi connectivity index (χ4n) is 3.27. The van der Waals surface area contributed by atoms with Crippen LogP contribution in [0.4, 0.5) is 0 Å². The Kier molecular flexibility index (Phi) is 9.23. The summed E-state index contributed by atoms with van der Waals surface area (Å²) in [5, 5.41) is 8.04. The van der Waals surface area contributed by atoms with Crippen molar-refractivity contribution in [1.29, 1.82) is 0 Å². The Morgan fingerprint density at radius 2 is 2.00 bits per heavy atom. The average molecular weight is 483 g/mol. The maximum Gasteiger partial charge on any atom is 0.191 e. The molecule has 2 heterocycles. The zero-order valence-electron chi connectivity index (χ0n) is 16.1. The number of halogens is 1. The van der Waals surface area contributed by atoms with Crippen molar-refractivity contribution in [2.45, 2.75) is 13.5 Å². The van der Waals surface area contributed by atoms with Gasteiger partial charge in [0.15, 0.2) is 5.96 Å². The lowest BCUT2D eigenvalue weighted by molar-refractivity contribution is 0.0320. The van der Waals surface area contributed by atoms with E-state index in [1.807, 2.05) is 31.4 Å². The normalized spacial score (nSPS) is 16.6. The van der Waals surface area contributed by atoms with Gasteiger partial charge in [0.25, 0.3) is 0 Å². The van der Waals surface area contributed by atoms with E-state index in [1.165, 1.54) is 10.9 Å². The highest BCUT2D eigenvalue weighted by Crippen LogP contribution is 2.15. The quantitative estimate of drug-likeness (QED) is 0.376. The van der Waals surface area contributed by atoms with Crippen molar-refractivity contribution >= 4 is 40.8 Å². The minimum Gasteiger partial charge on any atom is -0.379 e. The summed E-state index contributed by atoms with van der Waals surface area (Å²) in [6.07, 6.45) is 1.86. The van der Waals surface area contributed by atoms with E-state index in [-0.39, 0.29) is 24.0 Å². The fourth-order valence-corrected chi connectivity index (χ4v) is 3.27. The van der Waals surface area contributed by atoms with Gasteiger partial charge in [-0.25, -0.2) is 0 Å². The van der Waals surface area contributed by atoms with Crippen LogP contribution in [0.1, 0.15) is 12.5 Å². The van der Waals surface area contributed by atoms with Crippen molar-refractivity contribution in [2.24, 2.45) is 10.9 Å². The molecule has 3 rings (SSSR count). The van der Waals surface area contributed by atoms with Gasteiger partial charge in [0.1, 0.15) is 0 Å². The molecule has 1 aromatic carbocycles.